The Morgan fingerprint density at radius 1 is 0.212 bits per heavy atom. The highest BCUT2D eigenvalue weighted by atomic mass is 14.4. The van der Waals surface area contributed by atoms with Crippen LogP contribution in [0.15, 0.2) is 394 Å². The third-order valence-corrected chi connectivity index (χ3v) is 24.2. The van der Waals surface area contributed by atoms with Crippen molar-refractivity contribution in [1.82, 2.24) is 0 Å². The van der Waals surface area contributed by atoms with Gasteiger partial charge < -0.3 is 0 Å². The second-order valence-corrected chi connectivity index (χ2v) is 32.9. The van der Waals surface area contributed by atoms with Crippen LogP contribution in [0.5, 0.6) is 0 Å². The Bertz CT molecular complexity index is 4260. The molecule has 13 rings (SSSR count). The zero-order valence-corrected chi connectivity index (χ0v) is 72.5. The van der Waals surface area contributed by atoms with Gasteiger partial charge in [0.1, 0.15) is 0 Å². The predicted octanol–water partition coefficient (Wildman–Crippen LogP) is 32.7. The van der Waals surface area contributed by atoms with Crippen molar-refractivity contribution in [2.24, 2.45) is 11.3 Å². The van der Waals surface area contributed by atoms with Crippen LogP contribution in [0.25, 0.3) is 0 Å². The summed E-state index contributed by atoms with van der Waals surface area (Å²) in [7, 11) is 0. The van der Waals surface area contributed by atoms with Crippen molar-refractivity contribution in [3.63, 3.8) is 0 Å². The van der Waals surface area contributed by atoms with Crippen molar-refractivity contribution in [2.45, 2.75) is 215 Å². The van der Waals surface area contributed by atoms with Crippen molar-refractivity contribution < 1.29 is 0 Å². The second-order valence-electron chi connectivity index (χ2n) is 32.9. The maximum atomic E-state index is 2.36. The lowest BCUT2D eigenvalue weighted by Crippen LogP contribution is -2.28. The van der Waals surface area contributed by atoms with E-state index in [1.807, 2.05) is 6.07 Å². The smallest absolute Gasteiger partial charge is 0.0448 e. The van der Waals surface area contributed by atoms with Crippen LogP contribution in [0.3, 0.4) is 0 Å². The molecule has 0 saturated carbocycles. The molecule has 0 fully saturated rings. The Labute approximate surface area is 688 Å². The van der Waals surface area contributed by atoms with Crippen LogP contribution in [-0.2, 0) is 21.7 Å². The molecule has 0 nitrogen and oxygen atoms in total. The number of hydrogen-bond acceptors (Lipinski definition) is 0. The van der Waals surface area contributed by atoms with Crippen molar-refractivity contribution in [3.8, 4) is 0 Å². The summed E-state index contributed by atoms with van der Waals surface area (Å²) in [6.45, 7) is 43.3. The van der Waals surface area contributed by atoms with E-state index in [1.54, 1.807) is 0 Å². The Balaban J connectivity index is 0.000000204. The molecule has 0 amide bonds. The minimum absolute atomic E-state index is 0.0796. The van der Waals surface area contributed by atoms with Gasteiger partial charge in [0.15, 0.2) is 0 Å². The molecule has 0 aliphatic carbocycles. The molecule has 0 bridgehead atoms. The second kappa shape index (κ2) is 48.0. The van der Waals surface area contributed by atoms with Gasteiger partial charge in [0.2, 0.25) is 0 Å². The van der Waals surface area contributed by atoms with E-state index < -0.39 is 0 Å². The number of rotatable bonds is 20. The summed E-state index contributed by atoms with van der Waals surface area (Å²) < 4.78 is 0. The van der Waals surface area contributed by atoms with E-state index in [9.17, 15) is 0 Å². The zero-order valence-electron chi connectivity index (χ0n) is 72.5. The van der Waals surface area contributed by atoms with E-state index in [-0.39, 0.29) is 10.8 Å². The first-order chi connectivity index (χ1) is 54.4. The number of hydrogen-bond donors (Lipinski definition) is 0. The first kappa shape index (κ1) is 91.7. The highest BCUT2D eigenvalue weighted by molar-refractivity contribution is 5.50. The standard InChI is InChI=1S/C21H20.C18H22.C16H18.C14H14.2C12H18.C11H16.C9H12/c1-2-21(18-12-6-3-7-13-18,19-14-8-4-9-15-19)20-16-10-5-11-17-20;1-14(15(2)17-10-6-4-7-11-17)16(3)18-12-8-5-9-13-18;1-3-16(2,14-10-6-4-7-11-14)15-12-8-5-9-13-15;1-12(13-8-4-2-5-9-13)14-10-6-3-7-11-14;1-10(12(2,3)4)11-8-6-5-7-9-11;1-4-12(3,5-2)11-9-7-6-8-10-11;1-4-11(2,3)10-8-6-5-7-9-10;1-8(2)9-6-4-3-5-7-9/h3-17H,2H2,1H3;4-16H,1-3H3;4-13H,3H2,1-2H3;2-12H,1H3;5-10H,1-4H3;6-10H,4-5H2,1-3H3;5-9H,4H2,1-3H3;3-8H,1-2H3/t;;;;10-;;;/m....0.../s1. The van der Waals surface area contributed by atoms with E-state index in [2.05, 4.69) is 520 Å². The molecule has 590 valence electrons. The van der Waals surface area contributed by atoms with Crippen molar-refractivity contribution in [1.29, 1.82) is 0 Å². The Morgan fingerprint density at radius 2 is 0.442 bits per heavy atom. The van der Waals surface area contributed by atoms with E-state index in [0.717, 1.165) is 12.8 Å². The number of benzene rings is 13. The van der Waals surface area contributed by atoms with Gasteiger partial charge in [0.05, 0.1) is 0 Å². The molecular weight excluding hydrogens is 1360 g/mol. The fraction of sp³-hybridized carbons (Fsp3) is 0.310. The third-order valence-electron chi connectivity index (χ3n) is 24.2. The normalized spacial score (nSPS) is 12.2. The van der Waals surface area contributed by atoms with Crippen LogP contribution in [-0.4, -0.2) is 0 Å². The summed E-state index contributed by atoms with van der Waals surface area (Å²) in [4.78, 5) is 0. The molecule has 0 aliphatic rings. The minimum atomic E-state index is -0.0796. The van der Waals surface area contributed by atoms with Crippen molar-refractivity contribution >= 4 is 0 Å². The average molecular weight is 1500 g/mol. The first-order valence-electron chi connectivity index (χ1n) is 42.1. The van der Waals surface area contributed by atoms with Gasteiger partial charge in [0.25, 0.3) is 0 Å². The van der Waals surface area contributed by atoms with Crippen LogP contribution in [0, 0.1) is 11.3 Å². The molecule has 13 aromatic rings. The first-order valence-corrected chi connectivity index (χ1v) is 42.1. The van der Waals surface area contributed by atoms with Crippen LogP contribution in [0.2, 0.25) is 0 Å². The molecule has 0 aromatic heterocycles. The third kappa shape index (κ3) is 28.5. The van der Waals surface area contributed by atoms with Gasteiger partial charge in [0, 0.05) is 16.7 Å². The van der Waals surface area contributed by atoms with E-state index in [1.165, 1.54) is 91.6 Å². The van der Waals surface area contributed by atoms with Crippen LogP contribution < -0.4 is 0 Å². The average Bonchev–Trinajstić information content (AvgIpc) is 0.761. The molecule has 113 heavy (non-hydrogen) atoms. The van der Waals surface area contributed by atoms with E-state index in [0.29, 0.717) is 51.8 Å². The largest absolute Gasteiger partial charge is 0.0646 e. The fourth-order valence-electron chi connectivity index (χ4n) is 14.4. The van der Waals surface area contributed by atoms with Gasteiger partial charge in [-0.15, -0.1) is 0 Å². The summed E-state index contributed by atoms with van der Waals surface area (Å²) >= 11 is 0. The van der Waals surface area contributed by atoms with Crippen molar-refractivity contribution in [2.75, 3.05) is 0 Å². The molecule has 0 aliphatic heterocycles. The van der Waals surface area contributed by atoms with Gasteiger partial charge in [-0.3, -0.25) is 0 Å². The Kier molecular flexibility index (Phi) is 39.0. The van der Waals surface area contributed by atoms with E-state index >= 15 is 0 Å². The SMILES string of the molecule is CC(C)c1ccccc1.CC(c1ccccc1)C(C)C(C)c1ccccc1.CC(c1ccccc1)c1ccccc1.CCC(C)(C)c1ccccc1.CCC(C)(CC)c1ccccc1.CCC(C)(c1ccccc1)c1ccccc1.CCC(c1ccccc1)(c1ccccc1)c1ccccc1.C[C@@H](c1ccccc1)C(C)(C)C. The van der Waals surface area contributed by atoms with Gasteiger partial charge >= 0.3 is 0 Å². The lowest BCUT2D eigenvalue weighted by Gasteiger charge is -2.35. The maximum Gasteiger partial charge on any atom is 0.0448 e. The highest BCUT2D eigenvalue weighted by Crippen LogP contribution is 2.43. The molecule has 2 unspecified atom stereocenters. The molecule has 0 saturated heterocycles. The molecule has 0 heterocycles. The Morgan fingerprint density at radius 3 is 0.673 bits per heavy atom. The Hall–Kier alpha value is -10.1. The monoisotopic (exact) mass is 1500 g/mol. The van der Waals surface area contributed by atoms with Crippen LogP contribution >= 0.6 is 0 Å². The maximum absolute atomic E-state index is 2.36. The summed E-state index contributed by atoms with van der Waals surface area (Å²) in [5.74, 6) is 3.57. The summed E-state index contributed by atoms with van der Waals surface area (Å²) in [6.07, 6.45) is 5.77. The molecule has 0 N–H and O–H groups in total. The predicted molar refractivity (Wildman–Crippen MR) is 497 cm³/mol. The molecule has 3 atom stereocenters. The van der Waals surface area contributed by atoms with Gasteiger partial charge in [-0.05, 0) is 150 Å². The topological polar surface area (TPSA) is 0 Å². The summed E-state index contributed by atoms with van der Waals surface area (Å²) in [6, 6.07) is 139. The van der Waals surface area contributed by atoms with Crippen LogP contribution in [0.4, 0.5) is 0 Å². The van der Waals surface area contributed by atoms with Crippen molar-refractivity contribution in [3.05, 3.63) is 467 Å². The molecular formula is C113H138. The van der Waals surface area contributed by atoms with Gasteiger partial charge in [-0.25, -0.2) is 0 Å². The van der Waals surface area contributed by atoms with Crippen LogP contribution in [0.1, 0.15) is 266 Å². The quantitative estimate of drug-likeness (QED) is 0.0667. The molecule has 0 radical (unpaired) electrons. The lowest BCUT2D eigenvalue weighted by atomic mass is 9.68. The van der Waals surface area contributed by atoms with E-state index in [4.69, 9.17) is 0 Å². The molecule has 0 heteroatoms. The zero-order chi connectivity index (χ0) is 82.0. The summed E-state index contributed by atoms with van der Waals surface area (Å²) in [5.41, 5.74) is 19.3. The molecule has 13 aromatic carbocycles. The highest BCUT2D eigenvalue weighted by Gasteiger charge is 2.34. The molecule has 0 spiro atoms. The minimum Gasteiger partial charge on any atom is -0.0646 e. The fourth-order valence-corrected chi connectivity index (χ4v) is 14.4. The lowest BCUT2D eigenvalue weighted by molar-refractivity contribution is 0.339. The summed E-state index contributed by atoms with van der Waals surface area (Å²) in [5, 5.41) is 0. The van der Waals surface area contributed by atoms with Gasteiger partial charge in [-0.1, -0.05) is 526 Å². The van der Waals surface area contributed by atoms with Gasteiger partial charge in [-0.2, -0.15) is 0 Å².